The molecule has 1 aromatic heterocycles. The summed E-state index contributed by atoms with van der Waals surface area (Å²) in [6.07, 6.45) is 2.03. The normalized spacial score (nSPS) is 13.3. The third-order valence-electron chi connectivity index (χ3n) is 2.47. The van der Waals surface area contributed by atoms with E-state index in [4.69, 9.17) is 10.2 Å². The average Bonchev–Trinajstić information content (AvgIpc) is 2.60. The van der Waals surface area contributed by atoms with Crippen LogP contribution in [0.5, 0.6) is 0 Å². The number of hydrogen-bond acceptors (Lipinski definition) is 2. The Morgan fingerprint density at radius 1 is 1.40 bits per heavy atom. The van der Waals surface area contributed by atoms with Crippen LogP contribution < -0.4 is 5.73 Å². The molecule has 0 aliphatic heterocycles. The lowest BCUT2D eigenvalue weighted by Crippen LogP contribution is -2.08. The number of hydrogen-bond donors (Lipinski definition) is 1. The van der Waals surface area contributed by atoms with Crippen molar-refractivity contribution >= 4 is 26.9 Å². The van der Waals surface area contributed by atoms with Crippen LogP contribution in [-0.2, 0) is 0 Å². The van der Waals surface area contributed by atoms with Gasteiger partial charge in [-0.05, 0) is 30.7 Å². The summed E-state index contributed by atoms with van der Waals surface area (Å²) in [6, 6.07) is 8.05. The minimum atomic E-state index is 0.0150. The Hall–Kier alpha value is -0.800. The molecule has 0 unspecified atom stereocenters. The van der Waals surface area contributed by atoms with Crippen LogP contribution in [0.25, 0.3) is 11.0 Å². The Kier molecular flexibility index (Phi) is 3.12. The van der Waals surface area contributed by atoms with Gasteiger partial charge in [-0.25, -0.2) is 0 Å². The average molecular weight is 268 g/mol. The van der Waals surface area contributed by atoms with Gasteiger partial charge in [-0.1, -0.05) is 29.3 Å². The van der Waals surface area contributed by atoms with Gasteiger partial charge in [0.1, 0.15) is 11.3 Å². The SMILES string of the molecule is CCC[C@H](N)c1cc2ccc(Br)cc2o1. The molecule has 0 aliphatic rings. The maximum absolute atomic E-state index is 6.00. The van der Waals surface area contributed by atoms with Gasteiger partial charge >= 0.3 is 0 Å². The molecule has 0 spiro atoms. The van der Waals surface area contributed by atoms with Crippen molar-refractivity contribution in [3.8, 4) is 0 Å². The van der Waals surface area contributed by atoms with Gasteiger partial charge in [0, 0.05) is 9.86 Å². The monoisotopic (exact) mass is 267 g/mol. The van der Waals surface area contributed by atoms with E-state index in [9.17, 15) is 0 Å². The molecule has 0 radical (unpaired) electrons. The summed E-state index contributed by atoms with van der Waals surface area (Å²) in [5.74, 6) is 0.880. The second-order valence-electron chi connectivity index (χ2n) is 3.73. The van der Waals surface area contributed by atoms with Crippen molar-refractivity contribution in [2.24, 2.45) is 5.73 Å². The van der Waals surface area contributed by atoms with Crippen LogP contribution in [0.1, 0.15) is 31.6 Å². The Labute approximate surface area is 97.6 Å². The van der Waals surface area contributed by atoms with Gasteiger partial charge in [-0.2, -0.15) is 0 Å². The van der Waals surface area contributed by atoms with Gasteiger partial charge < -0.3 is 10.2 Å². The molecule has 3 heteroatoms. The lowest BCUT2D eigenvalue weighted by molar-refractivity contribution is 0.475. The molecule has 2 nitrogen and oxygen atoms in total. The van der Waals surface area contributed by atoms with E-state index in [2.05, 4.69) is 22.9 Å². The van der Waals surface area contributed by atoms with Gasteiger partial charge in [0.2, 0.25) is 0 Å². The molecule has 15 heavy (non-hydrogen) atoms. The van der Waals surface area contributed by atoms with Crippen LogP contribution in [0.3, 0.4) is 0 Å². The van der Waals surface area contributed by atoms with Crippen molar-refractivity contribution in [1.82, 2.24) is 0 Å². The Balaban J connectivity index is 2.38. The number of halogens is 1. The molecule has 0 bridgehead atoms. The second-order valence-corrected chi connectivity index (χ2v) is 4.64. The van der Waals surface area contributed by atoms with Crippen LogP contribution in [0, 0.1) is 0 Å². The van der Waals surface area contributed by atoms with Crippen LogP contribution in [0.2, 0.25) is 0 Å². The summed E-state index contributed by atoms with van der Waals surface area (Å²) in [5, 5.41) is 1.11. The summed E-state index contributed by atoms with van der Waals surface area (Å²) in [4.78, 5) is 0. The van der Waals surface area contributed by atoms with E-state index in [1.54, 1.807) is 0 Å². The first-order chi connectivity index (χ1) is 7.20. The first kappa shape index (κ1) is 10.7. The zero-order chi connectivity index (χ0) is 10.8. The molecule has 0 saturated carbocycles. The quantitative estimate of drug-likeness (QED) is 0.913. The van der Waals surface area contributed by atoms with E-state index in [1.165, 1.54) is 0 Å². The highest BCUT2D eigenvalue weighted by atomic mass is 79.9. The molecule has 1 atom stereocenters. The number of fused-ring (bicyclic) bond motifs is 1. The highest BCUT2D eigenvalue weighted by Gasteiger charge is 2.10. The van der Waals surface area contributed by atoms with Crippen molar-refractivity contribution < 1.29 is 4.42 Å². The van der Waals surface area contributed by atoms with Crippen molar-refractivity contribution in [2.75, 3.05) is 0 Å². The molecule has 2 N–H and O–H groups in total. The molecule has 1 heterocycles. The summed E-state index contributed by atoms with van der Waals surface area (Å²) < 4.78 is 6.74. The number of furan rings is 1. The molecule has 1 aromatic carbocycles. The Morgan fingerprint density at radius 3 is 2.93 bits per heavy atom. The van der Waals surface area contributed by atoms with Crippen LogP contribution in [-0.4, -0.2) is 0 Å². The lowest BCUT2D eigenvalue weighted by Gasteiger charge is -2.04. The van der Waals surface area contributed by atoms with Crippen LogP contribution in [0.15, 0.2) is 33.2 Å². The summed E-state index contributed by atoms with van der Waals surface area (Å²) in [5.41, 5.74) is 6.90. The fraction of sp³-hybridized carbons (Fsp3) is 0.333. The van der Waals surface area contributed by atoms with E-state index >= 15 is 0 Å². The zero-order valence-corrected chi connectivity index (χ0v) is 10.3. The third-order valence-corrected chi connectivity index (χ3v) is 2.96. The first-order valence-corrected chi connectivity index (χ1v) is 5.94. The topological polar surface area (TPSA) is 39.2 Å². The molecule has 0 aliphatic carbocycles. The summed E-state index contributed by atoms with van der Waals surface area (Å²) in [6.45, 7) is 2.12. The summed E-state index contributed by atoms with van der Waals surface area (Å²) >= 11 is 3.42. The highest BCUT2D eigenvalue weighted by Crippen LogP contribution is 2.27. The van der Waals surface area contributed by atoms with E-state index in [0.29, 0.717) is 0 Å². The smallest absolute Gasteiger partial charge is 0.135 e. The van der Waals surface area contributed by atoms with Crippen LogP contribution >= 0.6 is 15.9 Å². The van der Waals surface area contributed by atoms with E-state index in [-0.39, 0.29) is 6.04 Å². The molecule has 2 aromatic rings. The number of benzene rings is 1. The van der Waals surface area contributed by atoms with Crippen molar-refractivity contribution in [3.05, 3.63) is 34.5 Å². The van der Waals surface area contributed by atoms with E-state index in [0.717, 1.165) is 34.0 Å². The van der Waals surface area contributed by atoms with Crippen LogP contribution in [0.4, 0.5) is 0 Å². The molecular weight excluding hydrogens is 254 g/mol. The Bertz CT molecular complexity index is 464. The predicted octanol–water partition coefficient (Wildman–Crippen LogP) is 4.00. The third kappa shape index (κ3) is 2.24. The predicted molar refractivity (Wildman–Crippen MR) is 65.8 cm³/mol. The van der Waals surface area contributed by atoms with Gasteiger partial charge in [-0.15, -0.1) is 0 Å². The second kappa shape index (κ2) is 4.37. The van der Waals surface area contributed by atoms with Crippen molar-refractivity contribution in [2.45, 2.75) is 25.8 Å². The van der Waals surface area contributed by atoms with Gasteiger partial charge in [0.25, 0.3) is 0 Å². The van der Waals surface area contributed by atoms with E-state index in [1.807, 2.05) is 24.3 Å². The lowest BCUT2D eigenvalue weighted by atomic mass is 10.1. The number of rotatable bonds is 3. The van der Waals surface area contributed by atoms with Gasteiger partial charge in [0.05, 0.1) is 6.04 Å². The largest absolute Gasteiger partial charge is 0.459 e. The first-order valence-electron chi connectivity index (χ1n) is 5.15. The van der Waals surface area contributed by atoms with Gasteiger partial charge in [-0.3, -0.25) is 0 Å². The van der Waals surface area contributed by atoms with Crippen molar-refractivity contribution in [3.63, 3.8) is 0 Å². The summed E-state index contributed by atoms with van der Waals surface area (Å²) in [7, 11) is 0. The Morgan fingerprint density at radius 2 is 2.20 bits per heavy atom. The molecule has 80 valence electrons. The van der Waals surface area contributed by atoms with Gasteiger partial charge in [0.15, 0.2) is 0 Å². The molecule has 0 saturated heterocycles. The minimum Gasteiger partial charge on any atom is -0.459 e. The fourth-order valence-electron chi connectivity index (χ4n) is 1.66. The van der Waals surface area contributed by atoms with Crippen molar-refractivity contribution in [1.29, 1.82) is 0 Å². The number of nitrogens with two attached hydrogens (primary N) is 1. The molecular formula is C12H14BrNO. The molecule has 2 rings (SSSR count). The highest BCUT2D eigenvalue weighted by molar-refractivity contribution is 9.10. The molecule has 0 amide bonds. The molecule has 0 fully saturated rings. The minimum absolute atomic E-state index is 0.0150. The fourth-order valence-corrected chi connectivity index (χ4v) is 2.00. The zero-order valence-electron chi connectivity index (χ0n) is 8.66. The maximum atomic E-state index is 6.00. The maximum Gasteiger partial charge on any atom is 0.135 e. The van der Waals surface area contributed by atoms with E-state index < -0.39 is 0 Å². The standard InChI is InChI=1S/C12H14BrNO/c1-2-3-10(14)12-6-8-4-5-9(13)7-11(8)15-12/h4-7,10H,2-3,14H2,1H3/t10-/m0/s1.